The van der Waals surface area contributed by atoms with Gasteiger partial charge in [-0.3, -0.25) is 14.6 Å². The second-order valence-electron chi connectivity index (χ2n) is 4.12. The molecule has 0 atom stereocenters. The average molecular weight is 324 g/mol. The number of benzene rings is 1. The molecule has 1 aromatic heterocycles. The second-order valence-corrected chi connectivity index (χ2v) is 4.99. The minimum absolute atomic E-state index is 0.170. The van der Waals surface area contributed by atoms with Gasteiger partial charge in [-0.05, 0) is 30.3 Å². The van der Waals surface area contributed by atoms with Crippen molar-refractivity contribution < 1.29 is 9.59 Å². The average Bonchev–Trinajstić information content (AvgIpc) is 2.44. The Morgan fingerprint density at radius 3 is 2.38 bits per heavy atom. The van der Waals surface area contributed by atoms with Gasteiger partial charge >= 0.3 is 11.8 Å². The number of pyridine rings is 1. The fourth-order valence-corrected chi connectivity index (χ4v) is 2.09. The van der Waals surface area contributed by atoms with Crippen LogP contribution < -0.4 is 10.6 Å². The summed E-state index contributed by atoms with van der Waals surface area (Å²) in [5.41, 5.74) is 1.01. The maximum atomic E-state index is 11.7. The molecule has 0 aliphatic carbocycles. The molecular formula is C14H11Cl2N3O2. The quantitative estimate of drug-likeness (QED) is 0.853. The molecule has 21 heavy (non-hydrogen) atoms. The first-order valence-corrected chi connectivity index (χ1v) is 6.75. The van der Waals surface area contributed by atoms with Crippen molar-refractivity contribution in [2.45, 2.75) is 6.54 Å². The molecule has 0 unspecified atom stereocenters. The molecule has 1 heterocycles. The Hall–Kier alpha value is -2.11. The summed E-state index contributed by atoms with van der Waals surface area (Å²) in [6, 6.07) is 9.83. The molecule has 2 amide bonds. The summed E-state index contributed by atoms with van der Waals surface area (Å²) in [6.07, 6.45) is 1.61. The van der Waals surface area contributed by atoms with Crippen LogP contribution >= 0.6 is 23.2 Å². The third-order valence-electron chi connectivity index (χ3n) is 2.48. The number of amides is 2. The molecular weight excluding hydrogens is 313 g/mol. The SMILES string of the molecule is O=C(NCc1ccccn1)C(=O)Nc1cc(Cl)cc(Cl)c1. The van der Waals surface area contributed by atoms with Crippen LogP contribution in [0, 0.1) is 0 Å². The smallest absolute Gasteiger partial charge is 0.313 e. The maximum Gasteiger partial charge on any atom is 0.313 e. The Bertz CT molecular complexity index is 642. The highest BCUT2D eigenvalue weighted by Gasteiger charge is 2.14. The minimum atomic E-state index is -0.802. The lowest BCUT2D eigenvalue weighted by atomic mass is 10.3. The van der Waals surface area contributed by atoms with Crippen LogP contribution in [-0.4, -0.2) is 16.8 Å². The highest BCUT2D eigenvalue weighted by Crippen LogP contribution is 2.22. The topological polar surface area (TPSA) is 71.1 Å². The van der Waals surface area contributed by atoms with E-state index in [1.165, 1.54) is 18.2 Å². The highest BCUT2D eigenvalue weighted by atomic mass is 35.5. The Morgan fingerprint density at radius 1 is 1.05 bits per heavy atom. The van der Waals surface area contributed by atoms with Crippen molar-refractivity contribution in [3.63, 3.8) is 0 Å². The number of hydrogen-bond acceptors (Lipinski definition) is 3. The molecule has 0 bridgehead atoms. The minimum Gasteiger partial charge on any atom is -0.342 e. The number of halogens is 2. The number of rotatable bonds is 3. The fraction of sp³-hybridized carbons (Fsp3) is 0.0714. The maximum absolute atomic E-state index is 11.7. The van der Waals surface area contributed by atoms with Crippen LogP contribution in [0.3, 0.4) is 0 Å². The van der Waals surface area contributed by atoms with Gasteiger partial charge in [0.1, 0.15) is 0 Å². The van der Waals surface area contributed by atoms with Crippen molar-refractivity contribution in [1.82, 2.24) is 10.3 Å². The molecule has 108 valence electrons. The molecule has 5 nitrogen and oxygen atoms in total. The van der Waals surface area contributed by atoms with E-state index < -0.39 is 11.8 Å². The first-order chi connectivity index (χ1) is 10.0. The van der Waals surface area contributed by atoms with Gasteiger partial charge in [0.25, 0.3) is 0 Å². The number of anilines is 1. The Morgan fingerprint density at radius 2 is 1.76 bits per heavy atom. The standard InChI is InChI=1S/C14H11Cl2N3O2/c15-9-5-10(16)7-12(6-9)19-14(21)13(20)18-8-11-3-1-2-4-17-11/h1-7H,8H2,(H,18,20)(H,19,21). The summed E-state index contributed by atoms with van der Waals surface area (Å²) < 4.78 is 0. The summed E-state index contributed by atoms with van der Waals surface area (Å²) in [4.78, 5) is 27.4. The summed E-state index contributed by atoms with van der Waals surface area (Å²) in [6.45, 7) is 0.170. The first-order valence-electron chi connectivity index (χ1n) is 6.00. The van der Waals surface area contributed by atoms with E-state index in [1.807, 2.05) is 0 Å². The largest absolute Gasteiger partial charge is 0.342 e. The van der Waals surface area contributed by atoms with Gasteiger partial charge in [0.05, 0.1) is 12.2 Å². The van der Waals surface area contributed by atoms with Gasteiger partial charge in [-0.1, -0.05) is 29.3 Å². The van der Waals surface area contributed by atoms with Crippen molar-refractivity contribution in [3.8, 4) is 0 Å². The van der Waals surface area contributed by atoms with Crippen LogP contribution in [0.2, 0.25) is 10.0 Å². The van der Waals surface area contributed by atoms with Gasteiger partial charge in [0, 0.05) is 21.9 Å². The van der Waals surface area contributed by atoms with E-state index in [9.17, 15) is 9.59 Å². The van der Waals surface area contributed by atoms with Crippen molar-refractivity contribution in [3.05, 3.63) is 58.3 Å². The molecule has 2 aromatic rings. The number of nitrogens with one attached hydrogen (secondary N) is 2. The molecule has 0 aliphatic rings. The third-order valence-corrected chi connectivity index (χ3v) is 2.92. The Kier molecular flexibility index (Phi) is 5.14. The van der Waals surface area contributed by atoms with E-state index in [4.69, 9.17) is 23.2 Å². The molecule has 0 fully saturated rings. The van der Waals surface area contributed by atoms with Crippen LogP contribution in [0.1, 0.15) is 5.69 Å². The van der Waals surface area contributed by atoms with Crippen molar-refractivity contribution in [2.75, 3.05) is 5.32 Å². The van der Waals surface area contributed by atoms with E-state index >= 15 is 0 Å². The Balaban J connectivity index is 1.92. The van der Waals surface area contributed by atoms with Crippen molar-refractivity contribution in [2.24, 2.45) is 0 Å². The molecule has 2 rings (SSSR count). The summed E-state index contributed by atoms with van der Waals surface area (Å²) in [7, 11) is 0. The van der Waals surface area contributed by atoms with Crippen LogP contribution in [-0.2, 0) is 16.1 Å². The number of nitrogens with zero attached hydrogens (tertiary/aromatic N) is 1. The van der Waals surface area contributed by atoms with E-state index in [2.05, 4.69) is 15.6 Å². The zero-order chi connectivity index (χ0) is 15.2. The van der Waals surface area contributed by atoms with E-state index in [1.54, 1.807) is 24.4 Å². The number of hydrogen-bond donors (Lipinski definition) is 2. The van der Waals surface area contributed by atoms with Gasteiger partial charge in [-0.15, -0.1) is 0 Å². The Labute approximate surface area is 131 Å². The monoisotopic (exact) mass is 323 g/mol. The van der Waals surface area contributed by atoms with Crippen LogP contribution in [0.4, 0.5) is 5.69 Å². The van der Waals surface area contributed by atoms with Crippen molar-refractivity contribution in [1.29, 1.82) is 0 Å². The van der Waals surface area contributed by atoms with Crippen LogP contribution in [0.15, 0.2) is 42.6 Å². The van der Waals surface area contributed by atoms with Gasteiger partial charge in [0.2, 0.25) is 0 Å². The summed E-state index contributed by atoms with van der Waals surface area (Å²) in [5, 5.41) is 5.62. The summed E-state index contributed by atoms with van der Waals surface area (Å²) in [5.74, 6) is -1.57. The normalized spacial score (nSPS) is 10.0. The number of aromatic nitrogens is 1. The van der Waals surface area contributed by atoms with E-state index in [0.29, 0.717) is 21.4 Å². The molecule has 0 aliphatic heterocycles. The molecule has 0 saturated heterocycles. The van der Waals surface area contributed by atoms with Gasteiger partial charge in [-0.25, -0.2) is 0 Å². The van der Waals surface area contributed by atoms with Gasteiger partial charge in [0.15, 0.2) is 0 Å². The lowest BCUT2D eigenvalue weighted by molar-refractivity contribution is -0.136. The number of carbonyl (C=O) groups excluding carboxylic acids is 2. The predicted molar refractivity (Wildman–Crippen MR) is 81.2 cm³/mol. The lowest BCUT2D eigenvalue weighted by Gasteiger charge is -2.07. The van der Waals surface area contributed by atoms with Crippen molar-refractivity contribution >= 4 is 40.7 Å². The molecule has 0 spiro atoms. The van der Waals surface area contributed by atoms with E-state index in [-0.39, 0.29) is 6.54 Å². The predicted octanol–water partition coefficient (Wildman–Crippen LogP) is 2.64. The van der Waals surface area contributed by atoms with Crippen LogP contribution in [0.5, 0.6) is 0 Å². The second kappa shape index (κ2) is 7.06. The zero-order valence-corrected chi connectivity index (χ0v) is 12.3. The summed E-state index contributed by atoms with van der Waals surface area (Å²) >= 11 is 11.6. The molecule has 7 heteroatoms. The van der Waals surface area contributed by atoms with Gasteiger partial charge in [-0.2, -0.15) is 0 Å². The molecule has 0 radical (unpaired) electrons. The molecule has 1 aromatic carbocycles. The molecule has 0 saturated carbocycles. The van der Waals surface area contributed by atoms with Crippen LogP contribution in [0.25, 0.3) is 0 Å². The fourth-order valence-electron chi connectivity index (χ4n) is 1.57. The zero-order valence-electron chi connectivity index (χ0n) is 10.8. The first kappa shape index (κ1) is 15.3. The van der Waals surface area contributed by atoms with Gasteiger partial charge < -0.3 is 10.6 Å². The van der Waals surface area contributed by atoms with E-state index in [0.717, 1.165) is 0 Å². The number of carbonyl (C=O) groups is 2. The lowest BCUT2D eigenvalue weighted by Crippen LogP contribution is -2.35. The third kappa shape index (κ3) is 4.73. The molecule has 2 N–H and O–H groups in total. The highest BCUT2D eigenvalue weighted by molar-refractivity contribution is 6.40.